The summed E-state index contributed by atoms with van der Waals surface area (Å²) >= 11 is 0. The van der Waals surface area contributed by atoms with Gasteiger partial charge in [0.2, 0.25) is 0 Å². The molecule has 0 saturated carbocycles. The Bertz CT molecular complexity index is 158. The number of hydrogen-bond acceptors (Lipinski definition) is 4. The van der Waals surface area contributed by atoms with Gasteiger partial charge >= 0.3 is 0 Å². The Hall–Kier alpha value is -0.420. The van der Waals surface area contributed by atoms with Crippen LogP contribution in [0.4, 0.5) is 0 Å². The topological polar surface area (TPSA) is 48.1 Å². The minimum atomic E-state index is 0.665. The highest BCUT2D eigenvalue weighted by Gasteiger charge is 2.05. The quantitative estimate of drug-likeness (QED) is 0.482. The Labute approximate surface area is 99.3 Å². The van der Waals surface area contributed by atoms with E-state index in [1.54, 1.807) is 0 Å². The molecule has 1 saturated heterocycles. The third kappa shape index (κ3) is 6.95. The van der Waals surface area contributed by atoms with Gasteiger partial charge in [-0.2, -0.15) is 0 Å². The van der Waals surface area contributed by atoms with Gasteiger partial charge in [0.15, 0.2) is 0 Å². The van der Waals surface area contributed by atoms with Crippen molar-refractivity contribution < 1.29 is 0 Å². The van der Waals surface area contributed by atoms with E-state index in [-0.39, 0.29) is 0 Å². The van der Waals surface area contributed by atoms with E-state index < -0.39 is 0 Å². The molecule has 0 aromatic heterocycles. The van der Waals surface area contributed by atoms with E-state index in [1.165, 1.54) is 0 Å². The van der Waals surface area contributed by atoms with Crippen molar-refractivity contribution in [2.45, 2.75) is 6.42 Å². The lowest BCUT2D eigenvalue weighted by molar-refractivity contribution is 0.447. The molecule has 4 N–H and O–H groups in total. The molecule has 0 aromatic rings. The van der Waals surface area contributed by atoms with Gasteiger partial charge < -0.3 is 21.3 Å². The number of nitrogens with one attached hydrogen (secondary N) is 4. The molecule has 0 spiro atoms. The first-order valence-electron chi connectivity index (χ1n) is 6.37. The standard InChI is InChI=1S/C12H26N4/c1-2-3-12-10-15-8-6-13-4-5-14-7-9-16-11-12/h2,12-16H,1,3-11H2. The van der Waals surface area contributed by atoms with Crippen LogP contribution in [0.25, 0.3) is 0 Å². The molecule has 1 rings (SSSR count). The summed E-state index contributed by atoms with van der Waals surface area (Å²) in [4.78, 5) is 0. The molecule has 0 aliphatic carbocycles. The van der Waals surface area contributed by atoms with Crippen molar-refractivity contribution in [2.24, 2.45) is 5.92 Å². The Morgan fingerprint density at radius 3 is 1.69 bits per heavy atom. The molecule has 0 atom stereocenters. The molecule has 0 radical (unpaired) electrons. The summed E-state index contributed by atoms with van der Waals surface area (Å²) in [6.07, 6.45) is 3.10. The van der Waals surface area contributed by atoms with Crippen molar-refractivity contribution >= 4 is 0 Å². The van der Waals surface area contributed by atoms with Gasteiger partial charge in [0.1, 0.15) is 0 Å². The lowest BCUT2D eigenvalue weighted by atomic mass is 10.1. The Kier molecular flexibility index (Phi) is 8.34. The Balaban J connectivity index is 2.23. The lowest BCUT2D eigenvalue weighted by Gasteiger charge is -2.16. The lowest BCUT2D eigenvalue weighted by Crippen LogP contribution is -2.35. The highest BCUT2D eigenvalue weighted by molar-refractivity contribution is 4.76. The second-order valence-corrected chi connectivity index (χ2v) is 4.30. The molecule has 0 amide bonds. The third-order valence-electron chi connectivity index (χ3n) is 2.80. The highest BCUT2D eigenvalue weighted by atomic mass is 15.0. The molecule has 4 heteroatoms. The Morgan fingerprint density at radius 2 is 1.25 bits per heavy atom. The largest absolute Gasteiger partial charge is 0.315 e. The highest BCUT2D eigenvalue weighted by Crippen LogP contribution is 2.00. The molecule has 1 heterocycles. The minimum absolute atomic E-state index is 0.665. The molecule has 16 heavy (non-hydrogen) atoms. The van der Waals surface area contributed by atoms with Crippen LogP contribution in [0, 0.1) is 5.92 Å². The van der Waals surface area contributed by atoms with Crippen molar-refractivity contribution in [2.75, 3.05) is 52.4 Å². The first-order valence-corrected chi connectivity index (χ1v) is 6.37. The van der Waals surface area contributed by atoms with Crippen LogP contribution in [0.15, 0.2) is 12.7 Å². The predicted octanol–water partition coefficient (Wildman–Crippen LogP) is -0.449. The van der Waals surface area contributed by atoms with Crippen LogP contribution in [-0.4, -0.2) is 52.4 Å². The zero-order valence-corrected chi connectivity index (χ0v) is 10.2. The van der Waals surface area contributed by atoms with Gasteiger partial charge in [0, 0.05) is 39.3 Å². The van der Waals surface area contributed by atoms with E-state index in [2.05, 4.69) is 27.8 Å². The van der Waals surface area contributed by atoms with Crippen molar-refractivity contribution in [3.05, 3.63) is 12.7 Å². The van der Waals surface area contributed by atoms with E-state index in [0.717, 1.165) is 58.8 Å². The van der Waals surface area contributed by atoms with Gasteiger partial charge in [-0.25, -0.2) is 0 Å². The Morgan fingerprint density at radius 1 is 0.812 bits per heavy atom. The van der Waals surface area contributed by atoms with Gasteiger partial charge in [0.05, 0.1) is 0 Å². The van der Waals surface area contributed by atoms with Crippen molar-refractivity contribution in [1.82, 2.24) is 21.3 Å². The molecular weight excluding hydrogens is 200 g/mol. The first kappa shape index (κ1) is 13.6. The molecule has 0 unspecified atom stereocenters. The molecule has 4 nitrogen and oxygen atoms in total. The average Bonchev–Trinajstić information content (AvgIpc) is 2.31. The van der Waals surface area contributed by atoms with Gasteiger partial charge in [-0.15, -0.1) is 6.58 Å². The predicted molar refractivity (Wildman–Crippen MR) is 69.8 cm³/mol. The summed E-state index contributed by atoms with van der Waals surface area (Å²) in [6.45, 7) is 12.3. The van der Waals surface area contributed by atoms with Crippen molar-refractivity contribution in [1.29, 1.82) is 0 Å². The summed E-state index contributed by atoms with van der Waals surface area (Å²) in [5.41, 5.74) is 0. The molecule has 1 aliphatic rings. The van der Waals surface area contributed by atoms with E-state index >= 15 is 0 Å². The zero-order chi connectivity index (χ0) is 11.5. The van der Waals surface area contributed by atoms with Crippen LogP contribution in [0.1, 0.15) is 6.42 Å². The van der Waals surface area contributed by atoms with Gasteiger partial charge in [0.25, 0.3) is 0 Å². The zero-order valence-electron chi connectivity index (χ0n) is 10.2. The van der Waals surface area contributed by atoms with E-state index in [1.807, 2.05) is 6.08 Å². The third-order valence-corrected chi connectivity index (χ3v) is 2.80. The van der Waals surface area contributed by atoms with Crippen molar-refractivity contribution in [3.8, 4) is 0 Å². The molecule has 94 valence electrons. The minimum Gasteiger partial charge on any atom is -0.315 e. The maximum atomic E-state index is 3.82. The molecule has 1 fully saturated rings. The fourth-order valence-electron chi connectivity index (χ4n) is 1.87. The van der Waals surface area contributed by atoms with E-state index in [9.17, 15) is 0 Å². The van der Waals surface area contributed by atoms with E-state index in [0.29, 0.717) is 5.92 Å². The maximum absolute atomic E-state index is 3.82. The van der Waals surface area contributed by atoms with Gasteiger partial charge in [-0.3, -0.25) is 0 Å². The fourth-order valence-corrected chi connectivity index (χ4v) is 1.87. The second kappa shape index (κ2) is 9.78. The van der Waals surface area contributed by atoms with Crippen LogP contribution in [0.3, 0.4) is 0 Å². The smallest absolute Gasteiger partial charge is 0.00772 e. The number of hydrogen-bond donors (Lipinski definition) is 4. The summed E-state index contributed by atoms with van der Waals surface area (Å²) in [5.74, 6) is 0.665. The van der Waals surface area contributed by atoms with Crippen LogP contribution in [-0.2, 0) is 0 Å². The van der Waals surface area contributed by atoms with E-state index in [4.69, 9.17) is 0 Å². The van der Waals surface area contributed by atoms with Gasteiger partial charge in [-0.05, 0) is 25.4 Å². The van der Waals surface area contributed by atoms with Crippen LogP contribution >= 0.6 is 0 Å². The van der Waals surface area contributed by atoms with Crippen LogP contribution < -0.4 is 21.3 Å². The monoisotopic (exact) mass is 226 g/mol. The normalized spacial score (nSPS) is 22.8. The summed E-state index contributed by atoms with van der Waals surface area (Å²) in [7, 11) is 0. The fraction of sp³-hybridized carbons (Fsp3) is 0.833. The summed E-state index contributed by atoms with van der Waals surface area (Å²) < 4.78 is 0. The molecular formula is C12H26N4. The summed E-state index contributed by atoms with van der Waals surface area (Å²) in [5, 5.41) is 13.8. The number of allylic oxidation sites excluding steroid dienone is 1. The van der Waals surface area contributed by atoms with Crippen LogP contribution in [0.2, 0.25) is 0 Å². The maximum Gasteiger partial charge on any atom is 0.00772 e. The number of rotatable bonds is 2. The average molecular weight is 226 g/mol. The molecule has 1 aliphatic heterocycles. The molecule has 0 aromatic carbocycles. The summed E-state index contributed by atoms with van der Waals surface area (Å²) in [6, 6.07) is 0. The molecule has 0 bridgehead atoms. The van der Waals surface area contributed by atoms with Gasteiger partial charge in [-0.1, -0.05) is 6.08 Å². The van der Waals surface area contributed by atoms with Crippen molar-refractivity contribution in [3.63, 3.8) is 0 Å². The second-order valence-electron chi connectivity index (χ2n) is 4.30. The first-order chi connectivity index (χ1) is 7.93. The van der Waals surface area contributed by atoms with Crippen LogP contribution in [0.5, 0.6) is 0 Å². The SMILES string of the molecule is C=CCC1CNCCNCCNCCNC1.